The van der Waals surface area contributed by atoms with E-state index >= 15 is 0 Å². The van der Waals surface area contributed by atoms with E-state index < -0.39 is 11.5 Å². The molecule has 5 nitrogen and oxygen atoms in total. The second kappa shape index (κ2) is 6.94. The van der Waals surface area contributed by atoms with Crippen molar-refractivity contribution in [2.75, 3.05) is 24.6 Å². The minimum absolute atomic E-state index is 0.0440. The number of alkyl halides is 1. The van der Waals surface area contributed by atoms with Gasteiger partial charge in [-0.1, -0.05) is 60.1 Å². The summed E-state index contributed by atoms with van der Waals surface area (Å²) in [6.07, 6.45) is 0. The van der Waals surface area contributed by atoms with Crippen molar-refractivity contribution in [1.29, 1.82) is 0 Å². The summed E-state index contributed by atoms with van der Waals surface area (Å²) in [5, 5.41) is 10.7. The molecule has 1 aliphatic heterocycles. The van der Waals surface area contributed by atoms with Gasteiger partial charge in [-0.15, -0.1) is 0 Å². The van der Waals surface area contributed by atoms with Crippen molar-refractivity contribution >= 4 is 34.2 Å². The number of carbonyl (C=O) groups is 1. The van der Waals surface area contributed by atoms with Gasteiger partial charge in [0.1, 0.15) is 5.56 Å². The Kier molecular flexibility index (Phi) is 4.49. The smallest absolute Gasteiger partial charge is 0.355 e. The highest BCUT2D eigenvalue weighted by Crippen LogP contribution is 2.39. The third-order valence-electron chi connectivity index (χ3n) is 4.47. The van der Waals surface area contributed by atoms with Crippen molar-refractivity contribution in [3.63, 3.8) is 0 Å². The second-order valence-corrected chi connectivity index (χ2v) is 6.59. The fourth-order valence-electron chi connectivity index (χ4n) is 3.37. The van der Waals surface area contributed by atoms with Crippen LogP contribution >= 0.6 is 11.6 Å². The van der Waals surface area contributed by atoms with Gasteiger partial charge in [-0.25, -0.2) is 9.78 Å². The number of carboxylic acid groups (broad SMARTS) is 1. The molecule has 1 unspecified atom stereocenters. The number of rotatable bonds is 3. The van der Waals surface area contributed by atoms with Crippen LogP contribution in [0.2, 0.25) is 0 Å². The Bertz CT molecular complexity index is 962. The number of pyridine rings is 1. The summed E-state index contributed by atoms with van der Waals surface area (Å²) in [6.45, 7) is 1.60. The van der Waals surface area contributed by atoms with Gasteiger partial charge in [0.05, 0.1) is 24.4 Å². The fourth-order valence-corrected chi connectivity index (χ4v) is 3.62. The van der Waals surface area contributed by atoms with Crippen molar-refractivity contribution in [1.82, 2.24) is 4.98 Å². The van der Waals surface area contributed by atoms with E-state index in [1.807, 2.05) is 54.6 Å². The highest BCUT2D eigenvalue weighted by molar-refractivity contribution is 6.20. The lowest BCUT2D eigenvalue weighted by molar-refractivity contribution is 0.0692. The predicted molar refractivity (Wildman–Crippen MR) is 102 cm³/mol. The van der Waals surface area contributed by atoms with Gasteiger partial charge >= 0.3 is 5.97 Å². The molecule has 0 aliphatic carbocycles. The number of carboxylic acids is 1. The zero-order chi connectivity index (χ0) is 18.1. The van der Waals surface area contributed by atoms with Gasteiger partial charge in [-0.05, 0) is 11.6 Å². The summed E-state index contributed by atoms with van der Waals surface area (Å²) in [4.78, 5) is 18.5. The Balaban J connectivity index is 2.06. The number of aromatic carboxylic acids is 1. The molecule has 1 fully saturated rings. The molecular formula is C20H17ClN2O3. The van der Waals surface area contributed by atoms with Gasteiger partial charge in [-0.3, -0.25) is 0 Å². The highest BCUT2D eigenvalue weighted by Gasteiger charge is 2.27. The molecule has 3 aromatic rings. The van der Waals surface area contributed by atoms with E-state index in [2.05, 4.69) is 9.88 Å². The van der Waals surface area contributed by atoms with E-state index in [-0.39, 0.29) is 5.69 Å². The van der Waals surface area contributed by atoms with Crippen molar-refractivity contribution in [2.45, 2.75) is 5.56 Å². The lowest BCUT2D eigenvalue weighted by Crippen LogP contribution is -2.40. The number of aromatic nitrogens is 1. The van der Waals surface area contributed by atoms with Crippen LogP contribution in [-0.2, 0) is 4.74 Å². The number of ether oxygens (including phenoxy) is 1. The van der Waals surface area contributed by atoms with E-state index in [1.54, 1.807) is 0 Å². The summed E-state index contributed by atoms with van der Waals surface area (Å²) in [5.41, 5.74) is 2.53. The van der Waals surface area contributed by atoms with Crippen LogP contribution in [0.25, 0.3) is 22.0 Å². The van der Waals surface area contributed by atoms with Crippen molar-refractivity contribution in [2.24, 2.45) is 0 Å². The monoisotopic (exact) mass is 368 g/mol. The number of hydrogen-bond donors (Lipinski definition) is 1. The minimum Gasteiger partial charge on any atom is -0.476 e. The normalized spacial score (nSPS) is 17.4. The Hall–Kier alpha value is -2.63. The Morgan fingerprint density at radius 2 is 1.88 bits per heavy atom. The van der Waals surface area contributed by atoms with Crippen molar-refractivity contribution < 1.29 is 14.6 Å². The standard InChI is InChI=1S/C20H17ClN2O3/c21-16-12-23(10-11-26-16)19-14-8-4-5-9-15(14)22-18(20(24)25)17(19)13-6-2-1-3-7-13/h1-9,16H,10-12H2,(H,24,25). The van der Waals surface area contributed by atoms with E-state index in [0.29, 0.717) is 30.8 Å². The van der Waals surface area contributed by atoms with Crippen LogP contribution in [0, 0.1) is 0 Å². The highest BCUT2D eigenvalue weighted by atomic mass is 35.5. The first-order valence-corrected chi connectivity index (χ1v) is 8.81. The summed E-state index contributed by atoms with van der Waals surface area (Å²) in [6, 6.07) is 17.1. The number of hydrogen-bond acceptors (Lipinski definition) is 4. The second-order valence-electron chi connectivity index (χ2n) is 6.10. The third-order valence-corrected chi connectivity index (χ3v) is 4.73. The van der Waals surface area contributed by atoms with Gasteiger partial charge in [0, 0.05) is 17.5 Å². The molecule has 2 heterocycles. The first-order valence-electron chi connectivity index (χ1n) is 8.37. The van der Waals surface area contributed by atoms with Crippen LogP contribution in [-0.4, -0.2) is 41.3 Å². The molecule has 0 radical (unpaired) electrons. The number of morpholine rings is 1. The summed E-state index contributed by atoms with van der Waals surface area (Å²) in [5.74, 6) is -1.05. The number of anilines is 1. The third kappa shape index (κ3) is 3.00. The molecule has 26 heavy (non-hydrogen) atoms. The molecule has 2 aromatic carbocycles. The van der Waals surface area contributed by atoms with Crippen LogP contribution in [0.15, 0.2) is 54.6 Å². The van der Waals surface area contributed by atoms with Gasteiger partial charge < -0.3 is 14.7 Å². The Morgan fingerprint density at radius 3 is 2.62 bits per heavy atom. The largest absolute Gasteiger partial charge is 0.476 e. The molecule has 6 heteroatoms. The molecule has 1 atom stereocenters. The maximum atomic E-state index is 12.0. The summed E-state index contributed by atoms with van der Waals surface area (Å²) in [7, 11) is 0. The number of benzene rings is 2. The lowest BCUT2D eigenvalue weighted by Gasteiger charge is -2.34. The SMILES string of the molecule is O=C(O)c1nc2ccccc2c(N2CCOC(Cl)C2)c1-c1ccccc1. The molecular weight excluding hydrogens is 352 g/mol. The van der Waals surface area contributed by atoms with E-state index in [4.69, 9.17) is 16.3 Å². The number of nitrogens with zero attached hydrogens (tertiary/aromatic N) is 2. The molecule has 0 amide bonds. The number of para-hydroxylation sites is 1. The van der Waals surface area contributed by atoms with Crippen molar-refractivity contribution in [3.8, 4) is 11.1 Å². The number of fused-ring (bicyclic) bond motifs is 1. The van der Waals surface area contributed by atoms with Gasteiger partial charge in [0.25, 0.3) is 0 Å². The van der Waals surface area contributed by atoms with Gasteiger partial charge in [0.15, 0.2) is 5.69 Å². The summed E-state index contributed by atoms with van der Waals surface area (Å²) < 4.78 is 5.46. The molecule has 0 saturated carbocycles. The maximum Gasteiger partial charge on any atom is 0.355 e. The topological polar surface area (TPSA) is 62.7 Å². The van der Waals surface area contributed by atoms with Crippen molar-refractivity contribution in [3.05, 3.63) is 60.3 Å². The molecule has 132 valence electrons. The summed E-state index contributed by atoms with van der Waals surface area (Å²) >= 11 is 6.22. The lowest BCUT2D eigenvalue weighted by atomic mass is 9.97. The molecule has 1 N–H and O–H groups in total. The van der Waals surface area contributed by atoms with Crippen LogP contribution in [0.4, 0.5) is 5.69 Å². The molecule has 1 aromatic heterocycles. The van der Waals surface area contributed by atoms with Crippen LogP contribution in [0.1, 0.15) is 10.5 Å². The molecule has 4 rings (SSSR count). The zero-order valence-corrected chi connectivity index (χ0v) is 14.7. The average molecular weight is 369 g/mol. The molecule has 1 aliphatic rings. The molecule has 1 saturated heterocycles. The molecule has 0 spiro atoms. The first kappa shape index (κ1) is 16.8. The Morgan fingerprint density at radius 1 is 1.15 bits per heavy atom. The fraction of sp³-hybridized carbons (Fsp3) is 0.200. The van der Waals surface area contributed by atoms with Gasteiger partial charge in [0.2, 0.25) is 0 Å². The van der Waals surface area contributed by atoms with Crippen LogP contribution < -0.4 is 4.90 Å². The van der Waals surface area contributed by atoms with Crippen LogP contribution in [0.5, 0.6) is 0 Å². The van der Waals surface area contributed by atoms with E-state index in [9.17, 15) is 9.90 Å². The quantitative estimate of drug-likeness (QED) is 0.708. The van der Waals surface area contributed by atoms with Crippen LogP contribution in [0.3, 0.4) is 0 Å². The minimum atomic E-state index is -1.05. The van der Waals surface area contributed by atoms with E-state index in [0.717, 1.165) is 16.6 Å². The number of halogens is 1. The molecule has 0 bridgehead atoms. The Labute approximate surface area is 155 Å². The van der Waals surface area contributed by atoms with Gasteiger partial charge in [-0.2, -0.15) is 0 Å². The average Bonchev–Trinajstić information content (AvgIpc) is 2.67. The zero-order valence-electron chi connectivity index (χ0n) is 13.9. The predicted octanol–water partition coefficient (Wildman–Crippen LogP) is 4.00. The van der Waals surface area contributed by atoms with E-state index in [1.165, 1.54) is 0 Å². The first-order chi connectivity index (χ1) is 12.6. The maximum absolute atomic E-state index is 12.0.